The summed E-state index contributed by atoms with van der Waals surface area (Å²) in [6.45, 7) is 7.54. The van der Waals surface area contributed by atoms with Crippen LogP contribution in [0, 0.1) is 0 Å². The summed E-state index contributed by atoms with van der Waals surface area (Å²) in [5.74, 6) is -0.812. The lowest BCUT2D eigenvalue weighted by molar-refractivity contribution is -0.274. The van der Waals surface area contributed by atoms with Gasteiger partial charge in [0.05, 0.1) is 12.2 Å². The van der Waals surface area contributed by atoms with E-state index >= 15 is 0 Å². The van der Waals surface area contributed by atoms with Crippen molar-refractivity contribution in [3.05, 3.63) is 54.1 Å². The Kier molecular flexibility index (Phi) is 7.71. The zero-order valence-corrected chi connectivity index (χ0v) is 15.5. The Morgan fingerprint density at radius 2 is 1.85 bits per heavy atom. The predicted octanol–water partition coefficient (Wildman–Crippen LogP) is 3.61. The van der Waals surface area contributed by atoms with E-state index in [1.807, 2.05) is 20.8 Å². The van der Waals surface area contributed by atoms with Crippen LogP contribution in [-0.2, 0) is 0 Å². The molecule has 1 aromatic heterocycles. The molecule has 3 N–H and O–H groups in total. The highest BCUT2D eigenvalue weighted by molar-refractivity contribution is 5.92. The van der Waals surface area contributed by atoms with Crippen LogP contribution in [-0.4, -0.2) is 27.8 Å². The fourth-order valence-electron chi connectivity index (χ4n) is 1.75. The van der Waals surface area contributed by atoms with Crippen molar-refractivity contribution < 1.29 is 22.7 Å². The number of aromatic nitrogens is 2. The van der Waals surface area contributed by atoms with E-state index < -0.39 is 18.3 Å². The quantitative estimate of drug-likeness (QED) is 0.840. The highest BCUT2D eigenvalue weighted by atomic mass is 19.4. The summed E-state index contributed by atoms with van der Waals surface area (Å²) in [7, 11) is 0. The smallest absolute Gasteiger partial charge is 0.406 e. The minimum Gasteiger partial charge on any atom is -0.406 e. The van der Waals surface area contributed by atoms with E-state index in [9.17, 15) is 18.0 Å². The minimum atomic E-state index is -4.76. The highest BCUT2D eigenvalue weighted by Gasteiger charge is 2.31. The van der Waals surface area contributed by atoms with E-state index in [0.717, 1.165) is 0 Å². The molecular formula is C18H23F3N4O2. The van der Waals surface area contributed by atoms with E-state index in [1.165, 1.54) is 36.8 Å². The third-order valence-corrected chi connectivity index (χ3v) is 2.74. The molecule has 0 aliphatic carbocycles. The van der Waals surface area contributed by atoms with E-state index in [4.69, 9.17) is 5.73 Å². The van der Waals surface area contributed by atoms with Gasteiger partial charge >= 0.3 is 6.36 Å². The maximum atomic E-state index is 12.2. The third-order valence-electron chi connectivity index (χ3n) is 2.74. The maximum absolute atomic E-state index is 12.2. The second kappa shape index (κ2) is 9.31. The fourth-order valence-corrected chi connectivity index (χ4v) is 1.75. The molecule has 1 aromatic carbocycles. The monoisotopic (exact) mass is 384 g/mol. The van der Waals surface area contributed by atoms with Crippen molar-refractivity contribution in [1.29, 1.82) is 0 Å². The maximum Gasteiger partial charge on any atom is 0.573 e. The number of ether oxygens (including phenoxy) is 1. The lowest BCUT2D eigenvalue weighted by Crippen LogP contribution is -2.27. The molecule has 1 atom stereocenters. The van der Waals surface area contributed by atoms with Gasteiger partial charge in [0, 0.05) is 17.9 Å². The van der Waals surface area contributed by atoms with Crippen LogP contribution in [0.25, 0.3) is 0 Å². The van der Waals surface area contributed by atoms with Gasteiger partial charge in [0.2, 0.25) is 0 Å². The topological polar surface area (TPSA) is 90.1 Å². The van der Waals surface area contributed by atoms with E-state index in [2.05, 4.69) is 20.0 Å². The summed E-state index contributed by atoms with van der Waals surface area (Å²) in [6.07, 6.45) is -0.661. The van der Waals surface area contributed by atoms with Crippen LogP contribution < -0.4 is 15.8 Å². The molecule has 148 valence electrons. The summed E-state index contributed by atoms with van der Waals surface area (Å²) < 4.78 is 40.4. The van der Waals surface area contributed by atoms with Crippen LogP contribution in [0.1, 0.15) is 49.8 Å². The number of benzene rings is 1. The zero-order chi connectivity index (χ0) is 20.7. The first-order valence-electron chi connectivity index (χ1n) is 8.06. The van der Waals surface area contributed by atoms with Gasteiger partial charge in [0.1, 0.15) is 11.4 Å². The molecule has 2 rings (SSSR count). The number of halogens is 3. The SMILES string of the molecule is CC(C)(C)N.CC(NC(=O)c1cnccn1)c1cccc(OC(F)(F)F)c1. The molecule has 1 amide bonds. The Hall–Kier alpha value is -2.68. The second-order valence-electron chi connectivity index (χ2n) is 6.77. The van der Waals surface area contributed by atoms with Crippen molar-refractivity contribution in [3.8, 4) is 5.75 Å². The number of nitrogens with two attached hydrogens (primary N) is 1. The number of carbonyl (C=O) groups is 1. The van der Waals surface area contributed by atoms with E-state index in [1.54, 1.807) is 13.0 Å². The molecule has 2 aromatic rings. The number of rotatable bonds is 4. The Morgan fingerprint density at radius 1 is 1.22 bits per heavy atom. The normalized spacial score (nSPS) is 12.4. The Labute approximate surface area is 156 Å². The number of nitrogens with zero attached hydrogens (tertiary/aromatic N) is 2. The lowest BCUT2D eigenvalue weighted by atomic mass is 10.1. The largest absolute Gasteiger partial charge is 0.573 e. The molecule has 0 aliphatic rings. The van der Waals surface area contributed by atoms with Gasteiger partial charge in [-0.3, -0.25) is 9.78 Å². The summed E-state index contributed by atoms with van der Waals surface area (Å²) in [4.78, 5) is 19.5. The zero-order valence-electron chi connectivity index (χ0n) is 15.5. The van der Waals surface area contributed by atoms with Gasteiger partial charge in [-0.2, -0.15) is 0 Å². The number of nitrogens with one attached hydrogen (secondary N) is 1. The lowest BCUT2D eigenvalue weighted by Gasteiger charge is -2.15. The number of hydrogen-bond acceptors (Lipinski definition) is 5. The molecule has 1 heterocycles. The summed E-state index contributed by atoms with van der Waals surface area (Å²) in [6, 6.07) is 4.89. The molecule has 1 unspecified atom stereocenters. The second-order valence-corrected chi connectivity index (χ2v) is 6.77. The molecule has 0 spiro atoms. The van der Waals surface area contributed by atoms with Crippen molar-refractivity contribution in [2.24, 2.45) is 5.73 Å². The number of amides is 1. The van der Waals surface area contributed by atoms with Gasteiger partial charge in [-0.25, -0.2) is 4.98 Å². The molecule has 0 bridgehead atoms. The molecular weight excluding hydrogens is 361 g/mol. The molecule has 0 saturated carbocycles. The number of carbonyl (C=O) groups excluding carboxylic acids is 1. The van der Waals surface area contributed by atoms with Crippen molar-refractivity contribution in [2.45, 2.75) is 45.6 Å². The van der Waals surface area contributed by atoms with Gasteiger partial charge in [-0.15, -0.1) is 13.2 Å². The Morgan fingerprint density at radius 3 is 2.37 bits per heavy atom. The average Bonchev–Trinajstić information content (AvgIpc) is 2.52. The van der Waals surface area contributed by atoms with E-state index in [-0.39, 0.29) is 17.0 Å². The summed E-state index contributed by atoms with van der Waals surface area (Å²) >= 11 is 0. The number of hydrogen-bond donors (Lipinski definition) is 2. The standard InChI is InChI=1S/C14H12F3N3O2.C4H11N/c1-9(20-13(21)12-8-18-5-6-19-12)10-3-2-4-11(7-10)22-14(15,16)17;1-4(2,3)5/h2-9H,1H3,(H,20,21);5H2,1-3H3. The Balaban J connectivity index is 0.000000646. The average molecular weight is 384 g/mol. The molecule has 0 aliphatic heterocycles. The van der Waals surface area contributed by atoms with Crippen molar-refractivity contribution >= 4 is 5.91 Å². The van der Waals surface area contributed by atoms with Gasteiger partial charge in [0.25, 0.3) is 5.91 Å². The minimum absolute atomic E-state index is 0. The Bertz CT molecular complexity index is 725. The van der Waals surface area contributed by atoms with Gasteiger partial charge in [-0.1, -0.05) is 12.1 Å². The molecule has 0 radical (unpaired) electrons. The van der Waals surface area contributed by atoms with Gasteiger partial charge < -0.3 is 15.8 Å². The fraction of sp³-hybridized carbons (Fsp3) is 0.389. The van der Waals surface area contributed by atoms with Crippen molar-refractivity contribution in [3.63, 3.8) is 0 Å². The van der Waals surface area contributed by atoms with Crippen LogP contribution >= 0.6 is 0 Å². The molecule has 0 saturated heterocycles. The number of alkyl halides is 3. The predicted molar refractivity (Wildman–Crippen MR) is 95.0 cm³/mol. The van der Waals surface area contributed by atoms with Gasteiger partial charge in [-0.05, 0) is 45.4 Å². The van der Waals surface area contributed by atoms with Crippen LogP contribution in [0.3, 0.4) is 0 Å². The van der Waals surface area contributed by atoms with Gasteiger partial charge in [0.15, 0.2) is 0 Å². The van der Waals surface area contributed by atoms with Crippen LogP contribution in [0.15, 0.2) is 42.9 Å². The molecule has 0 fully saturated rings. The first-order valence-corrected chi connectivity index (χ1v) is 8.06. The van der Waals surface area contributed by atoms with Crippen LogP contribution in [0.4, 0.5) is 13.2 Å². The highest BCUT2D eigenvalue weighted by Crippen LogP contribution is 2.25. The third kappa shape index (κ3) is 10.1. The first-order chi connectivity index (χ1) is 12.3. The summed E-state index contributed by atoms with van der Waals surface area (Å²) in [5, 5.41) is 2.62. The van der Waals surface area contributed by atoms with Crippen LogP contribution in [0.2, 0.25) is 0 Å². The van der Waals surface area contributed by atoms with Crippen LogP contribution in [0.5, 0.6) is 5.75 Å². The molecule has 9 heteroatoms. The van der Waals surface area contributed by atoms with Crippen molar-refractivity contribution in [2.75, 3.05) is 0 Å². The summed E-state index contributed by atoms with van der Waals surface area (Å²) in [5.41, 5.74) is 5.95. The molecule has 27 heavy (non-hydrogen) atoms. The first kappa shape index (κ1) is 22.4. The van der Waals surface area contributed by atoms with E-state index in [0.29, 0.717) is 5.56 Å². The molecule has 6 nitrogen and oxygen atoms in total. The van der Waals surface area contributed by atoms with Crippen molar-refractivity contribution in [1.82, 2.24) is 15.3 Å².